The van der Waals surface area contributed by atoms with Gasteiger partial charge in [-0.25, -0.2) is 0 Å². The molecule has 22 heavy (non-hydrogen) atoms. The summed E-state index contributed by atoms with van der Waals surface area (Å²) < 4.78 is 4.93. The maximum absolute atomic E-state index is 12.4. The molecule has 1 aliphatic rings. The van der Waals surface area contributed by atoms with Gasteiger partial charge in [-0.1, -0.05) is 0 Å². The van der Waals surface area contributed by atoms with Gasteiger partial charge in [-0.05, 0) is 31.4 Å². The zero-order chi connectivity index (χ0) is 15.6. The van der Waals surface area contributed by atoms with Crippen LogP contribution in [0.5, 0.6) is 5.75 Å². The van der Waals surface area contributed by atoms with Gasteiger partial charge in [0.2, 0.25) is 0 Å². The van der Waals surface area contributed by atoms with E-state index in [-0.39, 0.29) is 41.7 Å². The highest BCUT2D eigenvalue weighted by molar-refractivity contribution is 5.95. The van der Waals surface area contributed by atoms with E-state index in [1.54, 1.807) is 11.0 Å². The minimum absolute atomic E-state index is 0. The summed E-state index contributed by atoms with van der Waals surface area (Å²) in [5.74, 6) is 0.220. The number of amides is 1. The van der Waals surface area contributed by atoms with Crippen LogP contribution in [-0.4, -0.2) is 42.0 Å². The first-order valence-corrected chi connectivity index (χ1v) is 6.81. The van der Waals surface area contributed by atoms with Crippen molar-refractivity contribution in [1.29, 1.82) is 0 Å². The second-order valence-corrected chi connectivity index (χ2v) is 5.30. The summed E-state index contributed by atoms with van der Waals surface area (Å²) in [7, 11) is 1.36. The topological polar surface area (TPSA) is 98.7 Å². The lowest BCUT2D eigenvalue weighted by atomic mass is 10.0. The molecule has 0 aromatic heterocycles. The number of ether oxygens (including phenoxy) is 1. The number of halogens is 1. The third-order valence-electron chi connectivity index (χ3n) is 3.88. The van der Waals surface area contributed by atoms with E-state index in [4.69, 9.17) is 10.5 Å². The Morgan fingerprint density at radius 1 is 1.55 bits per heavy atom. The number of rotatable bonds is 4. The molecular formula is C14H20ClN3O4. The summed E-state index contributed by atoms with van der Waals surface area (Å²) in [4.78, 5) is 24.6. The van der Waals surface area contributed by atoms with Crippen molar-refractivity contribution in [3.63, 3.8) is 0 Å². The van der Waals surface area contributed by atoms with E-state index in [1.165, 1.54) is 19.2 Å². The summed E-state index contributed by atoms with van der Waals surface area (Å²) in [5.41, 5.74) is 5.95. The lowest BCUT2D eigenvalue weighted by Crippen LogP contribution is -2.33. The minimum Gasteiger partial charge on any atom is -0.490 e. The standard InChI is InChI=1S/C14H19N3O4.ClH/c1-9(15)11-5-6-16(8-11)14(18)10-3-4-13(21-2)12(7-10)17(19)20;/h3-4,7,9,11H,5-6,8,15H2,1-2H3;1H. The van der Waals surface area contributed by atoms with Gasteiger partial charge < -0.3 is 15.4 Å². The predicted molar refractivity (Wildman–Crippen MR) is 84.6 cm³/mol. The van der Waals surface area contributed by atoms with Crippen molar-refractivity contribution in [2.75, 3.05) is 20.2 Å². The average Bonchev–Trinajstić information content (AvgIpc) is 2.95. The molecule has 1 amide bonds. The molecule has 1 heterocycles. The first-order chi connectivity index (χ1) is 9.93. The normalized spacial score (nSPS) is 18.5. The van der Waals surface area contributed by atoms with Crippen molar-refractivity contribution in [1.82, 2.24) is 4.90 Å². The fourth-order valence-electron chi connectivity index (χ4n) is 2.55. The van der Waals surface area contributed by atoms with Crippen LogP contribution >= 0.6 is 12.4 Å². The molecule has 2 unspecified atom stereocenters. The van der Waals surface area contributed by atoms with E-state index in [0.29, 0.717) is 18.7 Å². The van der Waals surface area contributed by atoms with Gasteiger partial charge in [0.1, 0.15) is 0 Å². The van der Waals surface area contributed by atoms with Gasteiger partial charge in [0, 0.05) is 30.8 Å². The summed E-state index contributed by atoms with van der Waals surface area (Å²) in [5, 5.41) is 11.0. The van der Waals surface area contributed by atoms with Gasteiger partial charge in [0.15, 0.2) is 5.75 Å². The summed E-state index contributed by atoms with van der Waals surface area (Å²) in [6.45, 7) is 3.15. The van der Waals surface area contributed by atoms with E-state index in [1.807, 2.05) is 6.92 Å². The maximum Gasteiger partial charge on any atom is 0.311 e. The molecule has 0 radical (unpaired) electrons. The van der Waals surface area contributed by atoms with Crippen LogP contribution in [-0.2, 0) is 0 Å². The number of hydrogen-bond acceptors (Lipinski definition) is 5. The van der Waals surface area contributed by atoms with Crippen LogP contribution in [0.25, 0.3) is 0 Å². The molecule has 0 saturated carbocycles. The minimum atomic E-state index is -0.551. The van der Waals surface area contributed by atoms with Gasteiger partial charge >= 0.3 is 5.69 Å². The summed E-state index contributed by atoms with van der Waals surface area (Å²) >= 11 is 0. The molecule has 2 atom stereocenters. The SMILES string of the molecule is COc1ccc(C(=O)N2CCC(C(C)N)C2)cc1[N+](=O)[O-].Cl. The molecule has 1 aromatic rings. The van der Waals surface area contributed by atoms with E-state index >= 15 is 0 Å². The highest BCUT2D eigenvalue weighted by Crippen LogP contribution is 2.29. The number of nitro benzene ring substituents is 1. The van der Waals surface area contributed by atoms with Gasteiger partial charge in [-0.2, -0.15) is 0 Å². The molecule has 1 saturated heterocycles. The maximum atomic E-state index is 12.4. The Bertz CT molecular complexity index is 565. The van der Waals surface area contributed by atoms with E-state index in [9.17, 15) is 14.9 Å². The Kier molecular flexibility index (Phi) is 6.13. The summed E-state index contributed by atoms with van der Waals surface area (Å²) in [6.07, 6.45) is 0.863. The molecule has 1 aliphatic heterocycles. The highest BCUT2D eigenvalue weighted by Gasteiger charge is 2.30. The van der Waals surface area contributed by atoms with Gasteiger partial charge in [0.05, 0.1) is 12.0 Å². The molecule has 7 nitrogen and oxygen atoms in total. The zero-order valence-electron chi connectivity index (χ0n) is 12.5. The van der Waals surface area contributed by atoms with Crippen LogP contribution in [0.1, 0.15) is 23.7 Å². The van der Waals surface area contributed by atoms with E-state index in [0.717, 1.165) is 6.42 Å². The van der Waals surface area contributed by atoms with Crippen LogP contribution in [0, 0.1) is 16.0 Å². The lowest BCUT2D eigenvalue weighted by Gasteiger charge is -2.18. The smallest absolute Gasteiger partial charge is 0.311 e. The fourth-order valence-corrected chi connectivity index (χ4v) is 2.55. The molecular weight excluding hydrogens is 310 g/mol. The first-order valence-electron chi connectivity index (χ1n) is 6.81. The lowest BCUT2D eigenvalue weighted by molar-refractivity contribution is -0.385. The van der Waals surface area contributed by atoms with Gasteiger partial charge in [-0.15, -0.1) is 12.4 Å². The molecule has 1 aromatic carbocycles. The molecule has 0 spiro atoms. The van der Waals surface area contributed by atoms with E-state index < -0.39 is 4.92 Å². The zero-order valence-corrected chi connectivity index (χ0v) is 13.3. The Hall–Kier alpha value is -1.86. The molecule has 2 rings (SSSR count). The molecule has 8 heteroatoms. The van der Waals surface area contributed by atoms with Crippen LogP contribution in [0.3, 0.4) is 0 Å². The third-order valence-corrected chi connectivity index (χ3v) is 3.88. The molecule has 1 fully saturated rings. The van der Waals surface area contributed by atoms with Gasteiger partial charge in [-0.3, -0.25) is 14.9 Å². The van der Waals surface area contributed by atoms with Crippen molar-refractivity contribution in [2.45, 2.75) is 19.4 Å². The Morgan fingerprint density at radius 3 is 2.73 bits per heavy atom. The molecule has 2 N–H and O–H groups in total. The highest BCUT2D eigenvalue weighted by atomic mass is 35.5. The van der Waals surface area contributed by atoms with Crippen LogP contribution in [0.4, 0.5) is 5.69 Å². The van der Waals surface area contributed by atoms with Crippen molar-refractivity contribution < 1.29 is 14.5 Å². The molecule has 122 valence electrons. The second kappa shape index (κ2) is 7.42. The van der Waals surface area contributed by atoms with Crippen LogP contribution < -0.4 is 10.5 Å². The van der Waals surface area contributed by atoms with Crippen molar-refractivity contribution in [2.24, 2.45) is 11.7 Å². The number of hydrogen-bond donors (Lipinski definition) is 1. The largest absolute Gasteiger partial charge is 0.490 e. The Labute approximate surface area is 135 Å². The predicted octanol–water partition coefficient (Wildman–Crippen LogP) is 1.83. The second-order valence-electron chi connectivity index (χ2n) is 5.30. The Morgan fingerprint density at radius 2 is 2.23 bits per heavy atom. The molecule has 0 bridgehead atoms. The van der Waals surface area contributed by atoms with Crippen LogP contribution in [0.2, 0.25) is 0 Å². The average molecular weight is 330 g/mol. The number of nitrogens with zero attached hydrogens (tertiary/aromatic N) is 2. The number of nitrogens with two attached hydrogens (primary N) is 1. The number of methoxy groups -OCH3 is 1. The third kappa shape index (κ3) is 3.66. The van der Waals surface area contributed by atoms with E-state index in [2.05, 4.69) is 0 Å². The van der Waals surface area contributed by atoms with Crippen molar-refractivity contribution in [3.8, 4) is 5.75 Å². The first kappa shape index (κ1) is 18.2. The summed E-state index contributed by atoms with van der Waals surface area (Å²) in [6, 6.07) is 4.30. The number of likely N-dealkylation sites (tertiary alicyclic amines) is 1. The monoisotopic (exact) mass is 329 g/mol. The van der Waals surface area contributed by atoms with Crippen molar-refractivity contribution >= 4 is 24.0 Å². The van der Waals surface area contributed by atoms with Crippen LogP contribution in [0.15, 0.2) is 18.2 Å². The van der Waals surface area contributed by atoms with Crippen molar-refractivity contribution in [3.05, 3.63) is 33.9 Å². The number of nitro groups is 1. The quantitative estimate of drug-likeness (QED) is 0.671. The number of benzene rings is 1. The number of carbonyl (C=O) groups is 1. The fraction of sp³-hybridized carbons (Fsp3) is 0.500. The van der Waals surface area contributed by atoms with Gasteiger partial charge in [0.25, 0.3) is 5.91 Å². The Balaban J connectivity index is 0.00000242. The molecule has 0 aliphatic carbocycles. The number of carbonyl (C=O) groups excluding carboxylic acids is 1.